The number of carbonyl (C=O) groups excluding carboxylic acids is 2. The zero-order chi connectivity index (χ0) is 15.0. The molecule has 20 heavy (non-hydrogen) atoms. The fraction of sp³-hybridized carbons (Fsp3) is 0.333. The minimum atomic E-state index is -2.99. The first-order valence-corrected chi connectivity index (χ1v) is 5.88. The van der Waals surface area contributed by atoms with Gasteiger partial charge in [0.2, 0.25) is 5.91 Å². The first-order chi connectivity index (χ1) is 9.52. The van der Waals surface area contributed by atoms with Crippen LogP contribution in [0.15, 0.2) is 24.3 Å². The number of ether oxygens (including phenoxy) is 1. The first kappa shape index (κ1) is 15.7. The van der Waals surface area contributed by atoms with E-state index in [1.54, 1.807) is 13.0 Å². The van der Waals surface area contributed by atoms with E-state index < -0.39 is 12.6 Å². The SMILES string of the molecule is CCNC(=O)CNC(=O)Nc1ccccc1OC(F)F. The Bertz CT molecular complexity index is 469. The molecule has 6 nitrogen and oxygen atoms in total. The van der Waals surface area contributed by atoms with Crippen LogP contribution in [0.2, 0.25) is 0 Å². The molecule has 0 bridgehead atoms. The van der Waals surface area contributed by atoms with Crippen LogP contribution in [0.25, 0.3) is 0 Å². The van der Waals surface area contributed by atoms with E-state index in [0.29, 0.717) is 6.54 Å². The Kier molecular flexibility index (Phi) is 6.21. The molecule has 3 amide bonds. The van der Waals surface area contributed by atoms with Crippen molar-refractivity contribution in [2.24, 2.45) is 0 Å². The minimum absolute atomic E-state index is 0.0844. The maximum Gasteiger partial charge on any atom is 0.387 e. The summed E-state index contributed by atoms with van der Waals surface area (Å²) in [4.78, 5) is 22.6. The Morgan fingerprint density at radius 3 is 2.60 bits per heavy atom. The molecular formula is C12H15F2N3O3. The van der Waals surface area contributed by atoms with Crippen molar-refractivity contribution in [1.29, 1.82) is 0 Å². The number of hydrogen-bond donors (Lipinski definition) is 3. The number of likely N-dealkylation sites (N-methyl/N-ethyl adjacent to an activating group) is 1. The van der Waals surface area contributed by atoms with Gasteiger partial charge in [-0.1, -0.05) is 12.1 Å². The van der Waals surface area contributed by atoms with E-state index in [1.807, 2.05) is 0 Å². The van der Waals surface area contributed by atoms with Gasteiger partial charge >= 0.3 is 12.6 Å². The third kappa shape index (κ3) is 5.51. The molecule has 1 aromatic carbocycles. The summed E-state index contributed by atoms with van der Waals surface area (Å²) in [6.07, 6.45) is 0. The number of anilines is 1. The summed E-state index contributed by atoms with van der Waals surface area (Å²) < 4.78 is 28.6. The number of rotatable bonds is 6. The van der Waals surface area contributed by atoms with Crippen molar-refractivity contribution >= 4 is 17.6 Å². The van der Waals surface area contributed by atoms with Crippen LogP contribution in [0, 0.1) is 0 Å². The van der Waals surface area contributed by atoms with Crippen molar-refractivity contribution in [3.8, 4) is 5.75 Å². The number of carbonyl (C=O) groups is 2. The number of alkyl halides is 2. The van der Waals surface area contributed by atoms with Crippen LogP contribution in [0.4, 0.5) is 19.3 Å². The maximum atomic E-state index is 12.2. The van der Waals surface area contributed by atoms with Gasteiger partial charge < -0.3 is 20.7 Å². The molecule has 0 unspecified atom stereocenters. The molecule has 0 aliphatic rings. The summed E-state index contributed by atoms with van der Waals surface area (Å²) in [6, 6.07) is 5.06. The maximum absolute atomic E-state index is 12.2. The molecule has 0 fully saturated rings. The molecule has 0 saturated heterocycles. The fourth-order valence-corrected chi connectivity index (χ4v) is 1.36. The monoisotopic (exact) mass is 287 g/mol. The van der Waals surface area contributed by atoms with Crippen molar-refractivity contribution in [1.82, 2.24) is 10.6 Å². The molecule has 0 aliphatic heterocycles. The lowest BCUT2D eigenvalue weighted by molar-refractivity contribution is -0.119. The second kappa shape index (κ2) is 7.93. The normalized spacial score (nSPS) is 10.0. The Labute approximate surface area is 114 Å². The van der Waals surface area contributed by atoms with E-state index in [-0.39, 0.29) is 23.9 Å². The highest BCUT2D eigenvalue weighted by Gasteiger charge is 2.11. The number of halogens is 2. The Morgan fingerprint density at radius 1 is 1.25 bits per heavy atom. The number of urea groups is 1. The van der Waals surface area contributed by atoms with Crippen molar-refractivity contribution in [3.05, 3.63) is 24.3 Å². The highest BCUT2D eigenvalue weighted by Crippen LogP contribution is 2.25. The average Bonchev–Trinajstić information content (AvgIpc) is 2.38. The summed E-state index contributed by atoms with van der Waals surface area (Å²) in [5.74, 6) is -0.504. The molecular weight excluding hydrogens is 272 g/mol. The van der Waals surface area contributed by atoms with E-state index >= 15 is 0 Å². The summed E-state index contributed by atoms with van der Waals surface area (Å²) >= 11 is 0. The molecule has 0 atom stereocenters. The number of amides is 3. The van der Waals surface area contributed by atoms with Gasteiger partial charge in [-0.15, -0.1) is 0 Å². The van der Waals surface area contributed by atoms with Crippen LogP contribution in [0.1, 0.15) is 6.92 Å². The van der Waals surface area contributed by atoms with Gasteiger partial charge in [-0.2, -0.15) is 8.78 Å². The molecule has 110 valence electrons. The molecule has 0 heterocycles. The van der Waals surface area contributed by atoms with Crippen molar-refractivity contribution in [3.63, 3.8) is 0 Å². The zero-order valence-electron chi connectivity index (χ0n) is 10.8. The van der Waals surface area contributed by atoms with Crippen LogP contribution in [0.5, 0.6) is 5.75 Å². The smallest absolute Gasteiger partial charge is 0.387 e. The van der Waals surface area contributed by atoms with E-state index in [4.69, 9.17) is 0 Å². The zero-order valence-corrected chi connectivity index (χ0v) is 10.8. The predicted molar refractivity (Wildman–Crippen MR) is 68.8 cm³/mol. The number of hydrogen-bond acceptors (Lipinski definition) is 3. The van der Waals surface area contributed by atoms with Crippen molar-refractivity contribution in [2.75, 3.05) is 18.4 Å². The minimum Gasteiger partial charge on any atom is -0.433 e. The van der Waals surface area contributed by atoms with E-state index in [1.165, 1.54) is 18.2 Å². The van der Waals surface area contributed by atoms with Crippen LogP contribution < -0.4 is 20.7 Å². The quantitative estimate of drug-likeness (QED) is 0.742. The largest absolute Gasteiger partial charge is 0.433 e. The van der Waals surface area contributed by atoms with Gasteiger partial charge in [0.05, 0.1) is 12.2 Å². The van der Waals surface area contributed by atoms with Crippen LogP contribution in [-0.4, -0.2) is 31.6 Å². The molecule has 1 rings (SSSR count). The first-order valence-electron chi connectivity index (χ1n) is 5.88. The Balaban J connectivity index is 2.55. The third-order valence-electron chi connectivity index (χ3n) is 2.13. The predicted octanol–water partition coefficient (Wildman–Crippen LogP) is 1.55. The summed E-state index contributed by atoms with van der Waals surface area (Å²) in [7, 11) is 0. The topological polar surface area (TPSA) is 79.5 Å². The molecule has 3 N–H and O–H groups in total. The number of para-hydroxylation sites is 2. The lowest BCUT2D eigenvalue weighted by Crippen LogP contribution is -2.38. The lowest BCUT2D eigenvalue weighted by Gasteiger charge is -2.12. The van der Waals surface area contributed by atoms with Gasteiger partial charge in [-0.25, -0.2) is 4.79 Å². The molecule has 0 aromatic heterocycles. The van der Waals surface area contributed by atoms with Gasteiger partial charge in [0.25, 0.3) is 0 Å². The van der Waals surface area contributed by atoms with Crippen LogP contribution in [-0.2, 0) is 4.79 Å². The highest BCUT2D eigenvalue weighted by atomic mass is 19.3. The lowest BCUT2D eigenvalue weighted by atomic mass is 10.3. The van der Waals surface area contributed by atoms with Crippen molar-refractivity contribution in [2.45, 2.75) is 13.5 Å². The second-order valence-corrected chi connectivity index (χ2v) is 3.64. The molecule has 8 heteroatoms. The summed E-state index contributed by atoms with van der Waals surface area (Å²) in [5.41, 5.74) is 0.0844. The second-order valence-electron chi connectivity index (χ2n) is 3.64. The fourth-order valence-electron chi connectivity index (χ4n) is 1.36. The molecule has 0 saturated carbocycles. The summed E-state index contributed by atoms with van der Waals surface area (Å²) in [5, 5.41) is 7.11. The van der Waals surface area contributed by atoms with E-state index in [9.17, 15) is 18.4 Å². The third-order valence-corrected chi connectivity index (χ3v) is 2.13. The molecule has 1 aromatic rings. The molecule has 0 spiro atoms. The van der Waals surface area contributed by atoms with Crippen LogP contribution in [0.3, 0.4) is 0 Å². The number of benzene rings is 1. The Hall–Kier alpha value is -2.38. The summed E-state index contributed by atoms with van der Waals surface area (Å²) in [6.45, 7) is -1.00. The number of nitrogens with one attached hydrogen (secondary N) is 3. The Morgan fingerprint density at radius 2 is 1.95 bits per heavy atom. The molecule has 0 radical (unpaired) electrons. The standard InChI is InChI=1S/C12H15F2N3O3/c1-2-15-10(18)7-16-12(19)17-8-5-3-4-6-9(8)20-11(13)14/h3-6,11H,2,7H2,1H3,(H,15,18)(H2,16,17,19). The van der Waals surface area contributed by atoms with Gasteiger partial charge in [-0.05, 0) is 19.1 Å². The van der Waals surface area contributed by atoms with Crippen molar-refractivity contribution < 1.29 is 23.1 Å². The van der Waals surface area contributed by atoms with Crippen LogP contribution >= 0.6 is 0 Å². The van der Waals surface area contributed by atoms with Gasteiger partial charge in [0.15, 0.2) is 0 Å². The van der Waals surface area contributed by atoms with Gasteiger partial charge in [0, 0.05) is 6.54 Å². The average molecular weight is 287 g/mol. The van der Waals surface area contributed by atoms with E-state index in [0.717, 1.165) is 0 Å². The van der Waals surface area contributed by atoms with Gasteiger partial charge in [-0.3, -0.25) is 4.79 Å². The van der Waals surface area contributed by atoms with Gasteiger partial charge in [0.1, 0.15) is 5.75 Å². The van der Waals surface area contributed by atoms with E-state index in [2.05, 4.69) is 20.7 Å². The molecule has 0 aliphatic carbocycles. The highest BCUT2D eigenvalue weighted by molar-refractivity contribution is 5.93.